The van der Waals surface area contributed by atoms with Crippen LogP contribution in [0, 0.1) is 5.41 Å². The molecule has 0 aliphatic heterocycles. The molecule has 1 unspecified atom stereocenters. The standard InChI is InChI=1S/C13H21Cl2NOS/c1-9(10-7-11(14)18-12(10)15)16-8-13(2,3)5-4-6-17/h7,9,16-17H,4-6,8H2,1-3H3. The third-order valence-corrected chi connectivity index (χ3v) is 4.57. The molecule has 1 aromatic rings. The van der Waals surface area contributed by atoms with Crippen molar-refractivity contribution in [3.8, 4) is 0 Å². The van der Waals surface area contributed by atoms with Crippen LogP contribution in [0.4, 0.5) is 0 Å². The van der Waals surface area contributed by atoms with E-state index in [9.17, 15) is 0 Å². The first-order chi connectivity index (χ1) is 8.35. The van der Waals surface area contributed by atoms with Crippen LogP contribution < -0.4 is 5.32 Å². The maximum absolute atomic E-state index is 8.87. The molecule has 1 aromatic heterocycles. The van der Waals surface area contributed by atoms with E-state index in [0.717, 1.165) is 33.6 Å². The second-order valence-corrected chi connectivity index (χ2v) is 7.66. The molecule has 0 saturated carbocycles. The quantitative estimate of drug-likeness (QED) is 0.777. The fraction of sp³-hybridized carbons (Fsp3) is 0.692. The van der Waals surface area contributed by atoms with E-state index >= 15 is 0 Å². The van der Waals surface area contributed by atoms with E-state index in [4.69, 9.17) is 28.3 Å². The monoisotopic (exact) mass is 309 g/mol. The molecular weight excluding hydrogens is 289 g/mol. The van der Waals surface area contributed by atoms with E-state index in [-0.39, 0.29) is 18.1 Å². The second kappa shape index (κ2) is 7.11. The molecule has 104 valence electrons. The Labute approximate surface area is 123 Å². The molecule has 0 aromatic carbocycles. The lowest BCUT2D eigenvalue weighted by Crippen LogP contribution is -2.31. The normalized spacial score (nSPS) is 13.9. The van der Waals surface area contributed by atoms with Crippen molar-refractivity contribution in [3.63, 3.8) is 0 Å². The molecule has 1 heterocycles. The Bertz CT molecular complexity index is 379. The predicted molar refractivity (Wildman–Crippen MR) is 80.9 cm³/mol. The van der Waals surface area contributed by atoms with Gasteiger partial charge in [-0.05, 0) is 36.8 Å². The van der Waals surface area contributed by atoms with Gasteiger partial charge in [-0.25, -0.2) is 0 Å². The average Bonchev–Trinajstić information content (AvgIpc) is 2.63. The number of hydrogen-bond donors (Lipinski definition) is 2. The van der Waals surface area contributed by atoms with Crippen LogP contribution in [-0.2, 0) is 0 Å². The van der Waals surface area contributed by atoms with Gasteiger partial charge in [0.2, 0.25) is 0 Å². The van der Waals surface area contributed by atoms with E-state index in [1.165, 1.54) is 11.3 Å². The van der Waals surface area contributed by atoms with E-state index in [2.05, 4.69) is 26.1 Å². The van der Waals surface area contributed by atoms with Crippen molar-refractivity contribution in [2.75, 3.05) is 13.2 Å². The smallest absolute Gasteiger partial charge is 0.0991 e. The molecule has 0 amide bonds. The third-order valence-electron chi connectivity index (χ3n) is 3.05. The van der Waals surface area contributed by atoms with Gasteiger partial charge in [-0.1, -0.05) is 37.0 Å². The van der Waals surface area contributed by atoms with Crippen molar-refractivity contribution in [1.82, 2.24) is 5.32 Å². The van der Waals surface area contributed by atoms with Gasteiger partial charge >= 0.3 is 0 Å². The molecule has 2 N–H and O–H groups in total. The zero-order valence-corrected chi connectivity index (χ0v) is 13.4. The van der Waals surface area contributed by atoms with Crippen molar-refractivity contribution in [1.29, 1.82) is 0 Å². The van der Waals surface area contributed by atoms with E-state index in [1.807, 2.05) is 6.07 Å². The highest BCUT2D eigenvalue weighted by atomic mass is 35.5. The summed E-state index contributed by atoms with van der Waals surface area (Å²) in [5, 5.41) is 12.4. The average molecular weight is 310 g/mol. The van der Waals surface area contributed by atoms with Crippen molar-refractivity contribution in [2.24, 2.45) is 5.41 Å². The molecule has 0 radical (unpaired) electrons. The molecule has 0 fully saturated rings. The molecule has 1 rings (SSSR count). The molecule has 0 spiro atoms. The van der Waals surface area contributed by atoms with E-state index in [0.29, 0.717) is 0 Å². The van der Waals surface area contributed by atoms with Gasteiger partial charge in [0.25, 0.3) is 0 Å². The van der Waals surface area contributed by atoms with Gasteiger partial charge in [0.1, 0.15) is 0 Å². The number of thiophene rings is 1. The van der Waals surface area contributed by atoms with Crippen LogP contribution in [0.15, 0.2) is 6.07 Å². The van der Waals surface area contributed by atoms with Crippen LogP contribution in [0.1, 0.15) is 45.2 Å². The van der Waals surface area contributed by atoms with Gasteiger partial charge in [0.15, 0.2) is 0 Å². The molecule has 18 heavy (non-hydrogen) atoms. The molecule has 0 aliphatic rings. The SMILES string of the molecule is CC(NCC(C)(C)CCCO)c1cc(Cl)sc1Cl. The van der Waals surface area contributed by atoms with Gasteiger partial charge in [0, 0.05) is 19.2 Å². The van der Waals surface area contributed by atoms with Gasteiger partial charge in [-0.3, -0.25) is 0 Å². The summed E-state index contributed by atoms with van der Waals surface area (Å²) in [6, 6.07) is 2.11. The molecule has 5 heteroatoms. The first-order valence-corrected chi connectivity index (χ1v) is 7.72. The Morgan fingerprint density at radius 3 is 2.61 bits per heavy atom. The predicted octanol–water partition coefficient (Wildman–Crippen LogP) is 4.50. The number of hydrogen-bond acceptors (Lipinski definition) is 3. The largest absolute Gasteiger partial charge is 0.396 e. The summed E-state index contributed by atoms with van der Waals surface area (Å²) in [6.45, 7) is 7.63. The fourth-order valence-corrected chi connectivity index (χ4v) is 3.48. The summed E-state index contributed by atoms with van der Waals surface area (Å²) in [5.41, 5.74) is 1.23. The Morgan fingerprint density at radius 2 is 2.11 bits per heavy atom. The highest BCUT2D eigenvalue weighted by molar-refractivity contribution is 7.20. The summed E-state index contributed by atoms with van der Waals surface area (Å²) < 4.78 is 1.48. The van der Waals surface area contributed by atoms with Crippen LogP contribution in [0.2, 0.25) is 8.67 Å². The lowest BCUT2D eigenvalue weighted by Gasteiger charge is -2.27. The molecule has 2 nitrogen and oxygen atoms in total. The zero-order chi connectivity index (χ0) is 13.8. The second-order valence-electron chi connectivity index (χ2n) is 5.37. The number of rotatable bonds is 7. The van der Waals surface area contributed by atoms with Crippen LogP contribution in [0.3, 0.4) is 0 Å². The van der Waals surface area contributed by atoms with Gasteiger partial charge in [0.05, 0.1) is 8.67 Å². The molecular formula is C13H21Cl2NOS. The Hall–Kier alpha value is 0.200. The molecule has 0 bridgehead atoms. The molecule has 0 saturated heterocycles. The van der Waals surface area contributed by atoms with Crippen molar-refractivity contribution < 1.29 is 5.11 Å². The first kappa shape index (κ1) is 16.3. The van der Waals surface area contributed by atoms with Crippen LogP contribution in [0.5, 0.6) is 0 Å². The summed E-state index contributed by atoms with van der Waals surface area (Å²) in [6.07, 6.45) is 1.84. The number of aliphatic hydroxyl groups is 1. The summed E-state index contributed by atoms with van der Waals surface area (Å²) in [4.78, 5) is 0. The number of aliphatic hydroxyl groups excluding tert-OH is 1. The fourth-order valence-electron chi connectivity index (χ4n) is 1.83. The Morgan fingerprint density at radius 1 is 1.44 bits per heavy atom. The number of nitrogens with one attached hydrogen (secondary N) is 1. The Kier molecular flexibility index (Phi) is 6.42. The lowest BCUT2D eigenvalue weighted by atomic mass is 9.87. The van der Waals surface area contributed by atoms with Crippen molar-refractivity contribution in [2.45, 2.75) is 39.7 Å². The first-order valence-electron chi connectivity index (χ1n) is 6.15. The van der Waals surface area contributed by atoms with Gasteiger partial charge in [-0.2, -0.15) is 0 Å². The minimum atomic E-state index is 0.170. The minimum absolute atomic E-state index is 0.170. The molecule has 1 atom stereocenters. The maximum atomic E-state index is 8.87. The van der Waals surface area contributed by atoms with Crippen LogP contribution >= 0.6 is 34.5 Å². The summed E-state index contributed by atoms with van der Waals surface area (Å²) >= 11 is 13.5. The van der Waals surface area contributed by atoms with Crippen LogP contribution in [0.25, 0.3) is 0 Å². The third kappa shape index (κ3) is 5.06. The van der Waals surface area contributed by atoms with Gasteiger partial charge < -0.3 is 10.4 Å². The topological polar surface area (TPSA) is 32.3 Å². The minimum Gasteiger partial charge on any atom is -0.396 e. The Balaban J connectivity index is 2.50. The highest BCUT2D eigenvalue weighted by Gasteiger charge is 2.20. The highest BCUT2D eigenvalue weighted by Crippen LogP contribution is 2.35. The van der Waals surface area contributed by atoms with Crippen molar-refractivity contribution >= 4 is 34.5 Å². The molecule has 0 aliphatic carbocycles. The number of halogens is 2. The van der Waals surface area contributed by atoms with Crippen molar-refractivity contribution in [3.05, 3.63) is 20.3 Å². The van der Waals surface area contributed by atoms with Gasteiger partial charge in [-0.15, -0.1) is 11.3 Å². The zero-order valence-electron chi connectivity index (χ0n) is 11.1. The van der Waals surface area contributed by atoms with Crippen LogP contribution in [-0.4, -0.2) is 18.3 Å². The van der Waals surface area contributed by atoms with E-state index in [1.54, 1.807) is 0 Å². The maximum Gasteiger partial charge on any atom is 0.0991 e. The summed E-state index contributed by atoms with van der Waals surface area (Å²) in [5.74, 6) is 0. The lowest BCUT2D eigenvalue weighted by molar-refractivity contribution is 0.233. The summed E-state index contributed by atoms with van der Waals surface area (Å²) in [7, 11) is 0. The van der Waals surface area contributed by atoms with E-state index < -0.39 is 0 Å².